The van der Waals surface area contributed by atoms with E-state index >= 15 is 0 Å². The minimum absolute atomic E-state index is 0.0211. The zero-order valence-corrected chi connectivity index (χ0v) is 6.47. The van der Waals surface area contributed by atoms with Crippen LogP contribution < -0.4 is 0 Å². The Kier molecular flexibility index (Phi) is 2.30. The van der Waals surface area contributed by atoms with E-state index < -0.39 is 0 Å². The Bertz CT molecular complexity index is 133. The number of piperidine rings is 1. The fourth-order valence-electron chi connectivity index (χ4n) is 1.47. The van der Waals surface area contributed by atoms with Crippen molar-refractivity contribution < 1.29 is 4.79 Å². The van der Waals surface area contributed by atoms with Crippen LogP contribution in [0.2, 0.25) is 0 Å². The highest BCUT2D eigenvalue weighted by molar-refractivity contribution is 5.80. The third kappa shape index (κ3) is 1.49. The largest absolute Gasteiger partial charge is 0.340 e. The molecule has 1 heterocycles. The second kappa shape index (κ2) is 3.04. The molecule has 1 unspecified atom stereocenters. The first-order valence-corrected chi connectivity index (χ1v) is 3.84. The fourth-order valence-corrected chi connectivity index (χ4v) is 1.47. The van der Waals surface area contributed by atoms with Gasteiger partial charge in [-0.3, -0.25) is 4.79 Å². The Labute approximate surface area is 62.2 Å². The molecule has 0 aromatic rings. The van der Waals surface area contributed by atoms with Crippen molar-refractivity contribution in [2.75, 3.05) is 6.54 Å². The smallest absolute Gasteiger partial charge is 0.223 e. The predicted molar refractivity (Wildman–Crippen MR) is 40.4 cm³/mol. The van der Waals surface area contributed by atoms with Crippen LogP contribution in [0.3, 0.4) is 0 Å². The molecule has 1 rings (SSSR count). The van der Waals surface area contributed by atoms with Gasteiger partial charge < -0.3 is 4.90 Å². The maximum atomic E-state index is 10.8. The van der Waals surface area contributed by atoms with Crippen molar-refractivity contribution in [2.24, 2.45) is 0 Å². The summed E-state index contributed by atoms with van der Waals surface area (Å²) < 4.78 is 0. The molecule has 0 saturated carbocycles. The van der Waals surface area contributed by atoms with Crippen LogP contribution in [0.1, 0.15) is 26.2 Å². The highest BCUT2D eigenvalue weighted by Gasteiger charge is 2.19. The van der Waals surface area contributed by atoms with Gasteiger partial charge >= 0.3 is 0 Å². The molecule has 0 aliphatic carbocycles. The average molecular weight is 140 g/mol. The van der Waals surface area contributed by atoms with Crippen molar-refractivity contribution in [1.29, 1.82) is 0 Å². The highest BCUT2D eigenvalue weighted by atomic mass is 16.2. The van der Waals surface area contributed by atoms with E-state index in [1.807, 2.05) is 4.90 Å². The SMILES string of the molecule is [CH2]C(=O)N1CCCCC1C. The highest BCUT2D eigenvalue weighted by Crippen LogP contribution is 2.15. The van der Waals surface area contributed by atoms with E-state index in [-0.39, 0.29) is 5.91 Å². The number of carbonyl (C=O) groups excluding carboxylic acids is 1. The Morgan fingerprint density at radius 2 is 2.30 bits per heavy atom. The molecule has 1 amide bonds. The Morgan fingerprint density at radius 3 is 2.70 bits per heavy atom. The summed E-state index contributed by atoms with van der Waals surface area (Å²) in [5.41, 5.74) is 0. The predicted octanol–water partition coefficient (Wildman–Crippen LogP) is 1.22. The number of rotatable bonds is 0. The van der Waals surface area contributed by atoms with Gasteiger partial charge in [-0.15, -0.1) is 0 Å². The standard InChI is InChI=1S/C8H14NO/c1-7-5-3-4-6-9(7)8(2)10/h7H,2-6H2,1H3. The lowest BCUT2D eigenvalue weighted by Crippen LogP contribution is -2.40. The van der Waals surface area contributed by atoms with Gasteiger partial charge in [0.25, 0.3) is 0 Å². The Balaban J connectivity index is 2.47. The van der Waals surface area contributed by atoms with Crippen LogP contribution in [0.25, 0.3) is 0 Å². The van der Waals surface area contributed by atoms with E-state index in [0.717, 1.165) is 19.4 Å². The summed E-state index contributed by atoms with van der Waals surface area (Å²) in [4.78, 5) is 12.7. The molecule has 1 aliphatic rings. The van der Waals surface area contributed by atoms with Crippen molar-refractivity contribution in [3.05, 3.63) is 6.92 Å². The van der Waals surface area contributed by atoms with Gasteiger partial charge in [0, 0.05) is 19.5 Å². The van der Waals surface area contributed by atoms with Gasteiger partial charge in [-0.1, -0.05) is 0 Å². The van der Waals surface area contributed by atoms with E-state index in [0.29, 0.717) is 6.04 Å². The number of carbonyl (C=O) groups is 1. The Morgan fingerprint density at radius 1 is 1.60 bits per heavy atom. The van der Waals surface area contributed by atoms with Crippen molar-refractivity contribution in [3.63, 3.8) is 0 Å². The minimum atomic E-state index is -0.0211. The molecule has 1 atom stereocenters. The normalized spacial score (nSPS) is 26.6. The lowest BCUT2D eigenvalue weighted by atomic mass is 10.0. The molecule has 1 saturated heterocycles. The summed E-state index contributed by atoms with van der Waals surface area (Å²) in [6, 6.07) is 0.416. The lowest BCUT2D eigenvalue weighted by Gasteiger charge is -2.32. The summed E-state index contributed by atoms with van der Waals surface area (Å²) in [7, 11) is 0. The van der Waals surface area contributed by atoms with Gasteiger partial charge in [0.15, 0.2) is 0 Å². The van der Waals surface area contributed by atoms with Crippen LogP contribution >= 0.6 is 0 Å². The molecule has 1 radical (unpaired) electrons. The Hall–Kier alpha value is -0.530. The van der Waals surface area contributed by atoms with Crippen molar-refractivity contribution in [1.82, 2.24) is 4.90 Å². The molecule has 2 heteroatoms. The molecule has 57 valence electrons. The zero-order valence-electron chi connectivity index (χ0n) is 6.47. The summed E-state index contributed by atoms with van der Waals surface area (Å²) in [5.74, 6) is -0.0211. The summed E-state index contributed by atoms with van der Waals surface area (Å²) >= 11 is 0. The van der Waals surface area contributed by atoms with Gasteiger partial charge in [-0.2, -0.15) is 0 Å². The summed E-state index contributed by atoms with van der Waals surface area (Å²) in [6.07, 6.45) is 3.54. The molecule has 0 aromatic heterocycles. The second-order valence-electron chi connectivity index (χ2n) is 2.93. The zero-order chi connectivity index (χ0) is 7.56. The molecule has 0 aromatic carbocycles. The molecule has 2 nitrogen and oxygen atoms in total. The van der Waals surface area contributed by atoms with E-state index in [4.69, 9.17) is 0 Å². The molecule has 10 heavy (non-hydrogen) atoms. The maximum absolute atomic E-state index is 10.8. The van der Waals surface area contributed by atoms with Crippen molar-refractivity contribution >= 4 is 5.91 Å². The van der Waals surface area contributed by atoms with E-state index in [1.165, 1.54) is 6.42 Å². The van der Waals surface area contributed by atoms with Gasteiger partial charge in [0.05, 0.1) is 0 Å². The molecule has 1 aliphatic heterocycles. The number of hydrogen-bond donors (Lipinski definition) is 0. The number of likely N-dealkylation sites (tertiary alicyclic amines) is 1. The van der Waals surface area contributed by atoms with Gasteiger partial charge in [0.2, 0.25) is 5.91 Å². The van der Waals surface area contributed by atoms with Crippen LogP contribution in [0.15, 0.2) is 0 Å². The molecule has 0 spiro atoms. The topological polar surface area (TPSA) is 20.3 Å². The minimum Gasteiger partial charge on any atom is -0.340 e. The fraction of sp³-hybridized carbons (Fsp3) is 0.750. The van der Waals surface area contributed by atoms with E-state index in [9.17, 15) is 4.79 Å². The average Bonchev–Trinajstić information content (AvgIpc) is 1.88. The lowest BCUT2D eigenvalue weighted by molar-refractivity contribution is -0.129. The van der Waals surface area contributed by atoms with Crippen molar-refractivity contribution in [3.8, 4) is 0 Å². The second-order valence-corrected chi connectivity index (χ2v) is 2.93. The molecule has 0 N–H and O–H groups in total. The number of nitrogens with zero attached hydrogens (tertiary/aromatic N) is 1. The third-order valence-corrected chi connectivity index (χ3v) is 2.12. The first-order valence-electron chi connectivity index (χ1n) is 3.84. The molecule has 0 bridgehead atoms. The van der Waals surface area contributed by atoms with Crippen LogP contribution in [-0.4, -0.2) is 23.4 Å². The van der Waals surface area contributed by atoms with Crippen molar-refractivity contribution in [2.45, 2.75) is 32.2 Å². The number of hydrogen-bond acceptors (Lipinski definition) is 1. The first-order chi connectivity index (χ1) is 4.72. The van der Waals surface area contributed by atoms with Crippen LogP contribution in [0, 0.1) is 6.92 Å². The molecule has 1 fully saturated rings. The monoisotopic (exact) mass is 140 g/mol. The summed E-state index contributed by atoms with van der Waals surface area (Å²) in [6.45, 7) is 6.39. The van der Waals surface area contributed by atoms with Crippen LogP contribution in [0.5, 0.6) is 0 Å². The molecular weight excluding hydrogens is 126 g/mol. The first kappa shape index (κ1) is 7.58. The summed E-state index contributed by atoms with van der Waals surface area (Å²) in [5, 5.41) is 0. The maximum Gasteiger partial charge on any atom is 0.223 e. The van der Waals surface area contributed by atoms with Gasteiger partial charge in [-0.05, 0) is 26.2 Å². The number of amides is 1. The van der Waals surface area contributed by atoms with Gasteiger partial charge in [0.1, 0.15) is 0 Å². The molecular formula is C8H14NO. The van der Waals surface area contributed by atoms with Crippen LogP contribution in [-0.2, 0) is 4.79 Å². The third-order valence-electron chi connectivity index (χ3n) is 2.12. The van der Waals surface area contributed by atoms with E-state index in [2.05, 4.69) is 13.8 Å². The quantitative estimate of drug-likeness (QED) is 0.495. The van der Waals surface area contributed by atoms with Crippen LogP contribution in [0.4, 0.5) is 0 Å². The van der Waals surface area contributed by atoms with Gasteiger partial charge in [-0.25, -0.2) is 0 Å². The van der Waals surface area contributed by atoms with E-state index in [1.54, 1.807) is 0 Å².